The summed E-state index contributed by atoms with van der Waals surface area (Å²) in [5.74, 6) is -0.372. The number of benzene rings is 1. The minimum atomic E-state index is -3.67. The second-order valence-electron chi connectivity index (χ2n) is 5.44. The van der Waals surface area contributed by atoms with Crippen LogP contribution >= 0.6 is 0 Å². The Bertz CT molecular complexity index is 712. The van der Waals surface area contributed by atoms with Crippen LogP contribution in [0.5, 0.6) is 0 Å². The molecule has 20 heavy (non-hydrogen) atoms. The number of aliphatic hydroxyl groups is 1. The molecule has 2 rings (SSSR count). The summed E-state index contributed by atoms with van der Waals surface area (Å²) < 4.78 is 26.3. The lowest BCUT2D eigenvalue weighted by Gasteiger charge is -2.17. The van der Waals surface area contributed by atoms with Crippen molar-refractivity contribution in [1.82, 2.24) is 9.55 Å². The Balaban J connectivity index is 2.52. The van der Waals surface area contributed by atoms with Crippen molar-refractivity contribution in [2.24, 2.45) is 0 Å². The number of imidazole rings is 1. The van der Waals surface area contributed by atoms with E-state index < -0.39 is 15.4 Å². The smallest absolute Gasteiger partial charge is 0.232 e. The molecule has 0 saturated heterocycles. The molecule has 0 spiro atoms. The maximum Gasteiger partial charge on any atom is 0.232 e. The molecule has 0 unspecified atom stereocenters. The zero-order valence-corrected chi connectivity index (χ0v) is 12.6. The van der Waals surface area contributed by atoms with Crippen LogP contribution in [0.25, 0.3) is 5.69 Å². The van der Waals surface area contributed by atoms with Gasteiger partial charge in [0.05, 0.1) is 17.0 Å². The fourth-order valence-electron chi connectivity index (χ4n) is 2.07. The molecule has 0 aliphatic rings. The van der Waals surface area contributed by atoms with Gasteiger partial charge < -0.3 is 5.11 Å². The quantitative estimate of drug-likeness (QED) is 0.932. The van der Waals surface area contributed by atoms with Crippen molar-refractivity contribution in [1.29, 1.82) is 0 Å². The van der Waals surface area contributed by atoms with E-state index in [9.17, 15) is 13.5 Å². The van der Waals surface area contributed by atoms with E-state index in [-0.39, 0.29) is 10.9 Å². The molecule has 1 aromatic heterocycles. The van der Waals surface area contributed by atoms with Crippen molar-refractivity contribution in [3.8, 4) is 5.69 Å². The normalized spacial score (nSPS) is 12.6. The molecule has 0 aliphatic carbocycles. The van der Waals surface area contributed by atoms with Gasteiger partial charge in [0.2, 0.25) is 15.0 Å². The summed E-state index contributed by atoms with van der Waals surface area (Å²) in [5.41, 5.74) is 0.408. The predicted octanol–water partition coefficient (Wildman–Crippen LogP) is 1.73. The molecule has 5 nitrogen and oxygen atoms in total. The Morgan fingerprint density at radius 3 is 2.55 bits per heavy atom. The lowest BCUT2D eigenvalue weighted by molar-refractivity contribution is 0.105. The molecule has 0 bridgehead atoms. The SMILES string of the molecule is Cc1ccccc1-n1ccnc1S(=O)(=O)CC(C)(C)O. The second kappa shape index (κ2) is 5.03. The van der Waals surface area contributed by atoms with E-state index in [1.807, 2.05) is 31.2 Å². The molecular formula is C14H18N2O3S. The molecule has 0 aliphatic heterocycles. The molecule has 0 fully saturated rings. The standard InChI is InChI=1S/C14H18N2O3S/c1-11-6-4-5-7-12(11)16-9-8-15-13(16)20(18,19)10-14(2,3)17/h4-9,17H,10H2,1-3H3. The second-order valence-corrected chi connectivity index (χ2v) is 7.32. The van der Waals surface area contributed by atoms with Gasteiger partial charge in [0.1, 0.15) is 0 Å². The van der Waals surface area contributed by atoms with Gasteiger partial charge in [0.15, 0.2) is 0 Å². The summed E-state index contributed by atoms with van der Waals surface area (Å²) in [5, 5.41) is 9.70. The number of aromatic nitrogens is 2. The molecule has 2 aromatic rings. The van der Waals surface area contributed by atoms with Crippen LogP contribution in [0.3, 0.4) is 0 Å². The molecule has 108 valence electrons. The largest absolute Gasteiger partial charge is 0.389 e. The van der Waals surface area contributed by atoms with E-state index in [4.69, 9.17) is 0 Å². The average molecular weight is 294 g/mol. The van der Waals surface area contributed by atoms with E-state index in [0.717, 1.165) is 11.3 Å². The monoisotopic (exact) mass is 294 g/mol. The van der Waals surface area contributed by atoms with E-state index in [1.54, 1.807) is 6.20 Å². The third-order valence-electron chi connectivity index (χ3n) is 2.80. The van der Waals surface area contributed by atoms with E-state index in [1.165, 1.54) is 24.6 Å². The Kier molecular flexibility index (Phi) is 3.71. The molecule has 6 heteroatoms. The number of hydrogen-bond acceptors (Lipinski definition) is 4. The maximum atomic E-state index is 12.4. The lowest BCUT2D eigenvalue weighted by atomic mass is 10.2. The zero-order valence-electron chi connectivity index (χ0n) is 11.7. The number of sulfone groups is 1. The summed E-state index contributed by atoms with van der Waals surface area (Å²) in [6.07, 6.45) is 3.06. The minimum Gasteiger partial charge on any atom is -0.389 e. The molecule has 0 amide bonds. The van der Waals surface area contributed by atoms with Gasteiger partial charge in [-0.3, -0.25) is 4.57 Å². The predicted molar refractivity (Wildman–Crippen MR) is 76.7 cm³/mol. The van der Waals surface area contributed by atoms with Crippen molar-refractivity contribution in [3.05, 3.63) is 42.2 Å². The molecule has 0 saturated carbocycles. The Morgan fingerprint density at radius 1 is 1.30 bits per heavy atom. The first-order valence-electron chi connectivity index (χ1n) is 6.25. The maximum absolute atomic E-state index is 12.4. The summed E-state index contributed by atoms with van der Waals surface area (Å²) in [4.78, 5) is 3.95. The van der Waals surface area contributed by atoms with Crippen LogP contribution < -0.4 is 0 Å². The van der Waals surface area contributed by atoms with Gasteiger partial charge in [0, 0.05) is 12.4 Å². The number of hydrogen-bond donors (Lipinski definition) is 1. The van der Waals surface area contributed by atoms with E-state index in [2.05, 4.69) is 4.98 Å². The van der Waals surface area contributed by atoms with E-state index >= 15 is 0 Å². The molecular weight excluding hydrogens is 276 g/mol. The Labute approximate surface area is 118 Å². The number of nitrogens with zero attached hydrogens (tertiary/aromatic N) is 2. The Hall–Kier alpha value is -1.66. The van der Waals surface area contributed by atoms with Crippen molar-refractivity contribution in [2.45, 2.75) is 31.5 Å². The Morgan fingerprint density at radius 2 is 1.95 bits per heavy atom. The highest BCUT2D eigenvalue weighted by Gasteiger charge is 2.29. The number of rotatable bonds is 4. The van der Waals surface area contributed by atoms with Crippen molar-refractivity contribution in [3.63, 3.8) is 0 Å². The van der Waals surface area contributed by atoms with Crippen LogP contribution in [0.2, 0.25) is 0 Å². The van der Waals surface area contributed by atoms with Gasteiger partial charge in [-0.15, -0.1) is 0 Å². The first kappa shape index (κ1) is 14.7. The molecule has 1 N–H and O–H groups in total. The van der Waals surface area contributed by atoms with Crippen molar-refractivity contribution in [2.75, 3.05) is 5.75 Å². The number of aryl methyl sites for hydroxylation is 1. The minimum absolute atomic E-state index is 0.0473. The average Bonchev–Trinajstić information content (AvgIpc) is 2.75. The zero-order chi connectivity index (χ0) is 15.0. The van der Waals surface area contributed by atoms with Gasteiger partial charge in [-0.05, 0) is 32.4 Å². The van der Waals surface area contributed by atoms with Crippen LogP contribution in [0, 0.1) is 6.92 Å². The summed E-state index contributed by atoms with van der Waals surface area (Å²) >= 11 is 0. The summed E-state index contributed by atoms with van der Waals surface area (Å²) in [6, 6.07) is 7.47. The summed E-state index contributed by atoms with van der Waals surface area (Å²) in [7, 11) is -3.67. The molecule has 1 aromatic carbocycles. The summed E-state index contributed by atoms with van der Waals surface area (Å²) in [6.45, 7) is 4.83. The number of para-hydroxylation sites is 1. The fraction of sp³-hybridized carbons (Fsp3) is 0.357. The molecule has 0 atom stereocenters. The highest BCUT2D eigenvalue weighted by atomic mass is 32.2. The third kappa shape index (κ3) is 3.08. The van der Waals surface area contributed by atoms with Crippen molar-refractivity contribution < 1.29 is 13.5 Å². The topological polar surface area (TPSA) is 72.2 Å². The highest BCUT2D eigenvalue weighted by molar-refractivity contribution is 7.91. The van der Waals surface area contributed by atoms with Gasteiger partial charge in [0.25, 0.3) is 0 Å². The van der Waals surface area contributed by atoms with Crippen LogP contribution in [0.1, 0.15) is 19.4 Å². The third-order valence-corrected chi connectivity index (χ3v) is 4.75. The first-order valence-corrected chi connectivity index (χ1v) is 7.90. The van der Waals surface area contributed by atoms with Gasteiger partial charge in [-0.2, -0.15) is 0 Å². The van der Waals surface area contributed by atoms with Crippen LogP contribution in [-0.2, 0) is 9.84 Å². The molecule has 0 radical (unpaired) electrons. The van der Waals surface area contributed by atoms with Gasteiger partial charge in [-0.25, -0.2) is 13.4 Å². The van der Waals surface area contributed by atoms with Crippen LogP contribution in [-0.4, -0.2) is 34.4 Å². The first-order chi connectivity index (χ1) is 9.21. The lowest BCUT2D eigenvalue weighted by Crippen LogP contribution is -2.31. The van der Waals surface area contributed by atoms with E-state index in [0.29, 0.717) is 0 Å². The highest BCUT2D eigenvalue weighted by Crippen LogP contribution is 2.21. The fourth-order valence-corrected chi connectivity index (χ4v) is 3.81. The van der Waals surface area contributed by atoms with Gasteiger partial charge >= 0.3 is 0 Å². The van der Waals surface area contributed by atoms with Crippen LogP contribution in [0.15, 0.2) is 41.8 Å². The molecule has 1 heterocycles. The van der Waals surface area contributed by atoms with Gasteiger partial charge in [-0.1, -0.05) is 18.2 Å². The van der Waals surface area contributed by atoms with Crippen molar-refractivity contribution >= 4 is 9.84 Å². The van der Waals surface area contributed by atoms with Crippen LogP contribution in [0.4, 0.5) is 0 Å².